The summed E-state index contributed by atoms with van der Waals surface area (Å²) in [6.45, 7) is 13.8. The lowest BCUT2D eigenvalue weighted by atomic mass is 10.1. The van der Waals surface area contributed by atoms with Crippen molar-refractivity contribution in [3.05, 3.63) is 12.7 Å². The molecule has 142 valence electrons. The predicted octanol–water partition coefficient (Wildman–Crippen LogP) is 5.31. The molecule has 24 heavy (non-hydrogen) atoms. The van der Waals surface area contributed by atoms with Crippen molar-refractivity contribution in [2.75, 3.05) is 13.2 Å². The van der Waals surface area contributed by atoms with Gasteiger partial charge in [-0.05, 0) is 24.7 Å². The van der Waals surface area contributed by atoms with Gasteiger partial charge in [-0.25, -0.2) is 4.79 Å². The summed E-state index contributed by atoms with van der Waals surface area (Å²) in [6, 6.07) is 0. The standard InChI is InChI=1S/C11H20O2.C9H18O2/c1-4-11(12)13-9-7-5-6-8-10(2)3;1-9(2)6-4-3-5-7-11-8-10/h4,10H,1,5-9H2,2-3H3;8-9H,3-7H2,1-2H3. The molecule has 0 heterocycles. The molecule has 0 aromatic carbocycles. The smallest absolute Gasteiger partial charge is 0.330 e. The molecule has 0 spiro atoms. The van der Waals surface area contributed by atoms with Crippen molar-refractivity contribution in [3.8, 4) is 0 Å². The van der Waals surface area contributed by atoms with Gasteiger partial charge in [0.25, 0.3) is 6.47 Å². The van der Waals surface area contributed by atoms with Crippen LogP contribution in [0, 0.1) is 11.8 Å². The van der Waals surface area contributed by atoms with Crippen molar-refractivity contribution < 1.29 is 19.1 Å². The van der Waals surface area contributed by atoms with Crippen LogP contribution in [0.15, 0.2) is 12.7 Å². The van der Waals surface area contributed by atoms with Crippen LogP contribution in [0.3, 0.4) is 0 Å². The number of hydrogen-bond donors (Lipinski definition) is 0. The highest BCUT2D eigenvalue weighted by Crippen LogP contribution is 2.08. The maximum Gasteiger partial charge on any atom is 0.330 e. The molecule has 0 rings (SSSR count). The second-order valence-corrected chi connectivity index (χ2v) is 6.83. The normalized spacial score (nSPS) is 10.1. The van der Waals surface area contributed by atoms with Crippen molar-refractivity contribution in [3.63, 3.8) is 0 Å². The van der Waals surface area contributed by atoms with Crippen LogP contribution in [0.2, 0.25) is 0 Å². The van der Waals surface area contributed by atoms with Gasteiger partial charge in [0.15, 0.2) is 0 Å². The number of unbranched alkanes of at least 4 members (excludes halogenated alkanes) is 4. The fourth-order valence-electron chi connectivity index (χ4n) is 2.03. The first kappa shape index (κ1) is 24.9. The number of ether oxygens (including phenoxy) is 2. The van der Waals surface area contributed by atoms with Crippen LogP contribution in [-0.4, -0.2) is 25.7 Å². The molecule has 0 atom stereocenters. The Morgan fingerprint density at radius 3 is 1.79 bits per heavy atom. The molecule has 0 aliphatic heterocycles. The molecule has 0 fully saturated rings. The van der Waals surface area contributed by atoms with E-state index in [9.17, 15) is 9.59 Å². The Hall–Kier alpha value is -1.32. The summed E-state index contributed by atoms with van der Waals surface area (Å²) in [5.74, 6) is 1.25. The summed E-state index contributed by atoms with van der Waals surface area (Å²) in [6.07, 6.45) is 10.5. The Kier molecular flexibility index (Phi) is 20.5. The number of rotatable bonds is 14. The first-order valence-corrected chi connectivity index (χ1v) is 9.28. The molecule has 0 amide bonds. The minimum atomic E-state index is -0.316. The van der Waals surface area contributed by atoms with E-state index in [0.717, 1.165) is 31.1 Å². The molecule has 4 heteroatoms. The van der Waals surface area contributed by atoms with Gasteiger partial charge < -0.3 is 9.47 Å². The Labute approximate surface area is 149 Å². The summed E-state index contributed by atoms with van der Waals surface area (Å²) in [4.78, 5) is 20.3. The van der Waals surface area contributed by atoms with Gasteiger partial charge in [0.05, 0.1) is 13.2 Å². The Morgan fingerprint density at radius 1 is 0.875 bits per heavy atom. The van der Waals surface area contributed by atoms with Gasteiger partial charge in [-0.15, -0.1) is 0 Å². The molecule has 0 aromatic rings. The van der Waals surface area contributed by atoms with Crippen molar-refractivity contribution >= 4 is 12.4 Å². The van der Waals surface area contributed by atoms with Crippen LogP contribution in [-0.2, 0) is 19.1 Å². The lowest BCUT2D eigenvalue weighted by Crippen LogP contribution is -2.01. The van der Waals surface area contributed by atoms with Crippen LogP contribution in [0.5, 0.6) is 0 Å². The van der Waals surface area contributed by atoms with E-state index in [1.165, 1.54) is 38.2 Å². The van der Waals surface area contributed by atoms with Crippen molar-refractivity contribution in [2.45, 2.75) is 79.1 Å². The molecule has 0 aromatic heterocycles. The highest BCUT2D eigenvalue weighted by molar-refractivity contribution is 5.81. The fraction of sp³-hybridized carbons (Fsp3) is 0.800. The minimum Gasteiger partial charge on any atom is -0.468 e. The molecule has 0 saturated carbocycles. The third kappa shape index (κ3) is 25.6. The van der Waals surface area contributed by atoms with Crippen molar-refractivity contribution in [2.24, 2.45) is 11.8 Å². The highest BCUT2D eigenvalue weighted by atomic mass is 16.5. The van der Waals surface area contributed by atoms with Gasteiger partial charge in [0, 0.05) is 6.08 Å². The van der Waals surface area contributed by atoms with Crippen LogP contribution < -0.4 is 0 Å². The topological polar surface area (TPSA) is 52.6 Å². The SMILES string of the molecule is C=CC(=O)OCCCCCC(C)C.CC(C)CCCCCOC=O. The lowest BCUT2D eigenvalue weighted by molar-refractivity contribution is -0.137. The fourth-order valence-corrected chi connectivity index (χ4v) is 2.03. The first-order valence-electron chi connectivity index (χ1n) is 9.28. The van der Waals surface area contributed by atoms with Gasteiger partial charge in [-0.2, -0.15) is 0 Å². The first-order chi connectivity index (χ1) is 11.4. The Morgan fingerprint density at radius 2 is 1.38 bits per heavy atom. The number of carbonyl (C=O) groups is 2. The zero-order valence-electron chi connectivity index (χ0n) is 16.2. The molecule has 0 unspecified atom stereocenters. The largest absolute Gasteiger partial charge is 0.468 e. The van der Waals surface area contributed by atoms with E-state index in [0.29, 0.717) is 19.7 Å². The number of esters is 1. The third-order valence-electron chi connectivity index (χ3n) is 3.45. The molecule has 4 nitrogen and oxygen atoms in total. The van der Waals surface area contributed by atoms with E-state index >= 15 is 0 Å². The van der Waals surface area contributed by atoms with Gasteiger partial charge in [-0.3, -0.25) is 4.79 Å². The summed E-state index contributed by atoms with van der Waals surface area (Å²) in [7, 11) is 0. The van der Waals surface area contributed by atoms with Crippen LogP contribution >= 0.6 is 0 Å². The molecular weight excluding hydrogens is 304 g/mol. The quantitative estimate of drug-likeness (QED) is 0.186. The second-order valence-electron chi connectivity index (χ2n) is 6.83. The van der Waals surface area contributed by atoms with Crippen LogP contribution in [0.25, 0.3) is 0 Å². The molecule has 0 aliphatic rings. The average molecular weight is 343 g/mol. The van der Waals surface area contributed by atoms with Gasteiger partial charge >= 0.3 is 5.97 Å². The molecule has 0 saturated heterocycles. The zero-order chi connectivity index (χ0) is 18.6. The molecular formula is C20H38O4. The zero-order valence-corrected chi connectivity index (χ0v) is 16.2. The summed E-state index contributed by atoms with van der Waals surface area (Å²) in [5.41, 5.74) is 0. The Balaban J connectivity index is 0. The average Bonchev–Trinajstić information content (AvgIpc) is 2.54. The van der Waals surface area contributed by atoms with Crippen LogP contribution in [0.4, 0.5) is 0 Å². The third-order valence-corrected chi connectivity index (χ3v) is 3.45. The molecule has 0 N–H and O–H groups in total. The van der Waals surface area contributed by atoms with E-state index in [1.54, 1.807) is 0 Å². The molecule has 0 aliphatic carbocycles. The Bertz CT molecular complexity index is 298. The summed E-state index contributed by atoms with van der Waals surface area (Å²) >= 11 is 0. The number of hydrogen-bond acceptors (Lipinski definition) is 4. The molecule has 0 bridgehead atoms. The summed E-state index contributed by atoms with van der Waals surface area (Å²) in [5, 5.41) is 0. The monoisotopic (exact) mass is 342 g/mol. The van der Waals surface area contributed by atoms with Gasteiger partial charge in [-0.1, -0.05) is 72.8 Å². The predicted molar refractivity (Wildman–Crippen MR) is 99.8 cm³/mol. The summed E-state index contributed by atoms with van der Waals surface area (Å²) < 4.78 is 9.40. The van der Waals surface area contributed by atoms with Crippen LogP contribution in [0.1, 0.15) is 79.1 Å². The maximum atomic E-state index is 10.6. The van der Waals surface area contributed by atoms with E-state index < -0.39 is 0 Å². The highest BCUT2D eigenvalue weighted by Gasteiger charge is 1.96. The number of carbonyl (C=O) groups excluding carboxylic acids is 2. The molecule has 0 radical (unpaired) electrons. The maximum absolute atomic E-state index is 10.6. The second kappa shape index (κ2) is 19.7. The van der Waals surface area contributed by atoms with E-state index in [-0.39, 0.29) is 5.97 Å². The van der Waals surface area contributed by atoms with E-state index in [1.807, 2.05) is 0 Å². The van der Waals surface area contributed by atoms with E-state index in [2.05, 4.69) is 39.0 Å². The van der Waals surface area contributed by atoms with Gasteiger partial charge in [0.1, 0.15) is 0 Å². The lowest BCUT2D eigenvalue weighted by Gasteiger charge is -2.04. The van der Waals surface area contributed by atoms with Crippen molar-refractivity contribution in [1.29, 1.82) is 0 Å². The van der Waals surface area contributed by atoms with Crippen molar-refractivity contribution in [1.82, 2.24) is 0 Å². The van der Waals surface area contributed by atoms with E-state index in [4.69, 9.17) is 4.74 Å². The van der Waals surface area contributed by atoms with Gasteiger partial charge in [0.2, 0.25) is 0 Å². The minimum absolute atomic E-state index is 0.316.